The van der Waals surface area contributed by atoms with Gasteiger partial charge in [0, 0.05) is 29.8 Å². The predicted molar refractivity (Wildman–Crippen MR) is 89.0 cm³/mol. The second-order valence-corrected chi connectivity index (χ2v) is 5.88. The SMILES string of the molecule is Cc1ccc(-c2csc(/C(C#N)=C/c3cnn(C)c3)n2)cc1. The third-order valence-corrected chi connectivity index (χ3v) is 4.11. The van der Waals surface area contributed by atoms with Crippen LogP contribution in [-0.4, -0.2) is 14.8 Å². The molecule has 0 aliphatic rings. The van der Waals surface area contributed by atoms with E-state index in [0.717, 1.165) is 21.8 Å². The maximum Gasteiger partial charge on any atom is 0.134 e. The molecule has 2 heterocycles. The van der Waals surface area contributed by atoms with Crippen LogP contribution in [0.1, 0.15) is 16.1 Å². The summed E-state index contributed by atoms with van der Waals surface area (Å²) in [7, 11) is 1.85. The molecule has 3 aromatic rings. The van der Waals surface area contributed by atoms with Crippen molar-refractivity contribution in [3.63, 3.8) is 0 Å². The lowest BCUT2D eigenvalue weighted by molar-refractivity contribution is 0.767. The highest BCUT2D eigenvalue weighted by molar-refractivity contribution is 7.11. The summed E-state index contributed by atoms with van der Waals surface area (Å²) in [6, 6.07) is 10.4. The summed E-state index contributed by atoms with van der Waals surface area (Å²) < 4.78 is 1.71. The number of rotatable bonds is 3. The van der Waals surface area contributed by atoms with Crippen molar-refractivity contribution in [2.45, 2.75) is 6.92 Å². The van der Waals surface area contributed by atoms with Gasteiger partial charge in [0.05, 0.1) is 17.5 Å². The number of allylic oxidation sites excluding steroid dienone is 1. The average Bonchev–Trinajstić information content (AvgIpc) is 3.15. The number of hydrogen-bond donors (Lipinski definition) is 0. The van der Waals surface area contributed by atoms with E-state index in [1.807, 2.05) is 36.8 Å². The summed E-state index contributed by atoms with van der Waals surface area (Å²) in [6.45, 7) is 2.06. The van der Waals surface area contributed by atoms with Gasteiger partial charge < -0.3 is 0 Å². The zero-order valence-corrected chi connectivity index (χ0v) is 13.1. The molecule has 22 heavy (non-hydrogen) atoms. The lowest BCUT2D eigenvalue weighted by Crippen LogP contribution is -1.84. The van der Waals surface area contributed by atoms with Crippen LogP contribution >= 0.6 is 11.3 Å². The Bertz CT molecular complexity index is 863. The van der Waals surface area contributed by atoms with Gasteiger partial charge in [-0.25, -0.2) is 4.98 Å². The van der Waals surface area contributed by atoms with Gasteiger partial charge in [0.1, 0.15) is 11.1 Å². The average molecular weight is 306 g/mol. The summed E-state index contributed by atoms with van der Waals surface area (Å²) in [6.07, 6.45) is 5.41. The second-order valence-electron chi connectivity index (χ2n) is 5.02. The molecule has 0 amide bonds. The highest BCUT2D eigenvalue weighted by Crippen LogP contribution is 2.27. The molecule has 0 radical (unpaired) electrons. The Kier molecular flexibility index (Phi) is 3.86. The molecular weight excluding hydrogens is 292 g/mol. The van der Waals surface area contributed by atoms with E-state index >= 15 is 0 Å². The van der Waals surface area contributed by atoms with Gasteiger partial charge in [0.2, 0.25) is 0 Å². The minimum Gasteiger partial charge on any atom is -0.275 e. The van der Waals surface area contributed by atoms with Crippen LogP contribution in [0.4, 0.5) is 0 Å². The Morgan fingerprint density at radius 1 is 1.32 bits per heavy atom. The van der Waals surface area contributed by atoms with Crippen molar-refractivity contribution in [3.05, 3.63) is 58.2 Å². The van der Waals surface area contributed by atoms with E-state index in [9.17, 15) is 5.26 Å². The van der Waals surface area contributed by atoms with Crippen LogP contribution in [0.5, 0.6) is 0 Å². The Labute approximate surface area is 133 Å². The second kappa shape index (κ2) is 5.96. The molecule has 1 aromatic carbocycles. The molecule has 0 saturated carbocycles. The molecule has 0 unspecified atom stereocenters. The highest BCUT2D eigenvalue weighted by Gasteiger charge is 2.09. The normalized spacial score (nSPS) is 11.4. The molecule has 0 aliphatic heterocycles. The van der Waals surface area contributed by atoms with Crippen molar-refractivity contribution >= 4 is 23.0 Å². The van der Waals surface area contributed by atoms with Crippen LogP contribution in [0.3, 0.4) is 0 Å². The van der Waals surface area contributed by atoms with Crippen LogP contribution in [0.15, 0.2) is 42.0 Å². The Morgan fingerprint density at radius 2 is 2.09 bits per heavy atom. The molecule has 3 rings (SSSR count). The molecular formula is C17H14N4S. The van der Waals surface area contributed by atoms with Crippen molar-refractivity contribution in [3.8, 4) is 17.3 Å². The van der Waals surface area contributed by atoms with Crippen molar-refractivity contribution in [2.24, 2.45) is 7.05 Å². The molecule has 0 fully saturated rings. The maximum atomic E-state index is 9.38. The van der Waals surface area contributed by atoms with E-state index in [-0.39, 0.29) is 0 Å². The molecule has 5 heteroatoms. The smallest absolute Gasteiger partial charge is 0.134 e. The number of nitriles is 1. The van der Waals surface area contributed by atoms with E-state index in [0.29, 0.717) is 5.57 Å². The van der Waals surface area contributed by atoms with E-state index in [2.05, 4.69) is 35.2 Å². The topological polar surface area (TPSA) is 54.5 Å². The first-order chi connectivity index (χ1) is 10.7. The fourth-order valence-corrected chi connectivity index (χ4v) is 2.87. The van der Waals surface area contributed by atoms with Crippen molar-refractivity contribution in [1.82, 2.24) is 14.8 Å². The zero-order valence-electron chi connectivity index (χ0n) is 12.3. The number of aromatic nitrogens is 3. The first-order valence-corrected chi connectivity index (χ1v) is 7.67. The van der Waals surface area contributed by atoms with Gasteiger partial charge in [-0.2, -0.15) is 10.4 Å². The Balaban J connectivity index is 1.93. The number of thiazole rings is 1. The molecule has 4 nitrogen and oxygen atoms in total. The number of nitrogens with zero attached hydrogens (tertiary/aromatic N) is 4. The van der Waals surface area contributed by atoms with Crippen molar-refractivity contribution < 1.29 is 0 Å². The zero-order chi connectivity index (χ0) is 15.5. The van der Waals surface area contributed by atoms with E-state index in [4.69, 9.17) is 0 Å². The number of aryl methyl sites for hydroxylation is 2. The Morgan fingerprint density at radius 3 is 2.73 bits per heavy atom. The Hall–Kier alpha value is -2.71. The summed E-state index contributed by atoms with van der Waals surface area (Å²) in [5.41, 5.74) is 4.62. The van der Waals surface area contributed by atoms with E-state index in [1.165, 1.54) is 16.9 Å². The fourth-order valence-electron chi connectivity index (χ4n) is 2.08. The molecule has 0 spiro atoms. The van der Waals surface area contributed by atoms with Crippen molar-refractivity contribution in [2.75, 3.05) is 0 Å². The molecule has 0 bridgehead atoms. The number of benzene rings is 1. The standard InChI is InChI=1S/C17H14N4S/c1-12-3-5-14(6-4-12)16-11-22-17(20-16)15(8-18)7-13-9-19-21(2)10-13/h3-7,9-11H,1-2H3/b15-7+. The largest absolute Gasteiger partial charge is 0.275 e. The number of hydrogen-bond acceptors (Lipinski definition) is 4. The molecule has 0 N–H and O–H groups in total. The van der Waals surface area contributed by atoms with E-state index in [1.54, 1.807) is 10.9 Å². The van der Waals surface area contributed by atoms with Crippen molar-refractivity contribution in [1.29, 1.82) is 5.26 Å². The van der Waals surface area contributed by atoms with Crippen LogP contribution in [0, 0.1) is 18.3 Å². The minimum absolute atomic E-state index is 0.552. The third-order valence-electron chi connectivity index (χ3n) is 3.24. The lowest BCUT2D eigenvalue weighted by Gasteiger charge is -1.97. The van der Waals surface area contributed by atoms with Crippen LogP contribution in [0.25, 0.3) is 22.9 Å². The van der Waals surface area contributed by atoms with Gasteiger partial charge in [-0.3, -0.25) is 4.68 Å². The third kappa shape index (κ3) is 2.97. The molecule has 0 saturated heterocycles. The van der Waals surface area contributed by atoms with Gasteiger partial charge in [-0.15, -0.1) is 11.3 Å². The first-order valence-electron chi connectivity index (χ1n) is 6.79. The van der Waals surface area contributed by atoms with Gasteiger partial charge in [0.15, 0.2) is 0 Å². The van der Waals surface area contributed by atoms with Gasteiger partial charge in [-0.05, 0) is 13.0 Å². The van der Waals surface area contributed by atoms with Gasteiger partial charge >= 0.3 is 0 Å². The van der Waals surface area contributed by atoms with Crippen LogP contribution in [-0.2, 0) is 7.05 Å². The van der Waals surface area contributed by atoms with Gasteiger partial charge in [-0.1, -0.05) is 29.8 Å². The molecule has 0 atom stereocenters. The fraction of sp³-hybridized carbons (Fsp3) is 0.118. The first kappa shape index (κ1) is 14.2. The summed E-state index contributed by atoms with van der Waals surface area (Å²) in [5, 5.41) is 16.2. The molecule has 0 aliphatic carbocycles. The minimum atomic E-state index is 0.552. The lowest BCUT2D eigenvalue weighted by atomic mass is 10.1. The monoisotopic (exact) mass is 306 g/mol. The summed E-state index contributed by atoms with van der Waals surface area (Å²) in [4.78, 5) is 4.58. The van der Waals surface area contributed by atoms with E-state index < -0.39 is 0 Å². The van der Waals surface area contributed by atoms with Crippen LogP contribution < -0.4 is 0 Å². The summed E-state index contributed by atoms with van der Waals surface area (Å²) in [5.74, 6) is 0. The highest BCUT2D eigenvalue weighted by atomic mass is 32.1. The quantitative estimate of drug-likeness (QED) is 0.689. The maximum absolute atomic E-state index is 9.38. The summed E-state index contributed by atoms with van der Waals surface area (Å²) >= 11 is 1.48. The molecule has 108 valence electrons. The predicted octanol–water partition coefficient (Wildman–Crippen LogP) is 3.92. The molecule has 2 aromatic heterocycles. The van der Waals surface area contributed by atoms with Crippen LogP contribution in [0.2, 0.25) is 0 Å². The van der Waals surface area contributed by atoms with Gasteiger partial charge in [0.25, 0.3) is 0 Å².